The summed E-state index contributed by atoms with van der Waals surface area (Å²) in [4.78, 5) is 11.2. The van der Waals surface area contributed by atoms with Crippen LogP contribution in [0.3, 0.4) is 0 Å². The van der Waals surface area contributed by atoms with Gasteiger partial charge < -0.3 is 14.6 Å². The lowest BCUT2D eigenvalue weighted by atomic mass is 10.1. The maximum Gasteiger partial charge on any atom is 0.305 e. The second-order valence-electron chi connectivity index (χ2n) is 5.18. The van der Waals surface area contributed by atoms with Gasteiger partial charge in [-0.3, -0.25) is 4.79 Å². The summed E-state index contributed by atoms with van der Waals surface area (Å²) in [6, 6.07) is 5.81. The first-order chi connectivity index (χ1) is 10.0. The summed E-state index contributed by atoms with van der Waals surface area (Å²) >= 11 is 0. The molecule has 0 saturated carbocycles. The van der Waals surface area contributed by atoms with Crippen LogP contribution in [-0.2, 0) is 9.53 Å². The number of esters is 1. The van der Waals surface area contributed by atoms with Crippen molar-refractivity contribution in [3.05, 3.63) is 29.3 Å². The van der Waals surface area contributed by atoms with Crippen molar-refractivity contribution >= 4 is 5.97 Å². The van der Waals surface area contributed by atoms with Gasteiger partial charge in [-0.2, -0.15) is 0 Å². The summed E-state index contributed by atoms with van der Waals surface area (Å²) in [6.07, 6.45) is 2.56. The minimum atomic E-state index is -0.538. The van der Waals surface area contributed by atoms with E-state index in [9.17, 15) is 9.90 Å². The number of carbonyl (C=O) groups is 1. The summed E-state index contributed by atoms with van der Waals surface area (Å²) in [6.45, 7) is 6.58. The van der Waals surface area contributed by atoms with E-state index in [1.807, 2.05) is 32.0 Å². The van der Waals surface area contributed by atoms with E-state index in [1.54, 1.807) is 6.92 Å². The van der Waals surface area contributed by atoms with Crippen LogP contribution in [0.1, 0.15) is 56.8 Å². The average Bonchev–Trinajstić information content (AvgIpc) is 2.42. The zero-order chi connectivity index (χ0) is 15.7. The summed E-state index contributed by atoms with van der Waals surface area (Å²) in [5, 5.41) is 9.72. The number of rotatable bonds is 9. The minimum absolute atomic E-state index is 0.131. The van der Waals surface area contributed by atoms with Crippen molar-refractivity contribution in [2.75, 3.05) is 13.2 Å². The van der Waals surface area contributed by atoms with Crippen molar-refractivity contribution in [1.29, 1.82) is 0 Å². The topological polar surface area (TPSA) is 55.8 Å². The Bertz CT molecular complexity index is 440. The lowest BCUT2D eigenvalue weighted by Gasteiger charge is -2.14. The average molecular weight is 294 g/mol. The predicted octanol–water partition coefficient (Wildman–Crippen LogP) is 3.55. The Morgan fingerprint density at radius 3 is 2.71 bits per heavy atom. The Morgan fingerprint density at radius 1 is 1.29 bits per heavy atom. The Kier molecular flexibility index (Phi) is 7.83. The molecule has 1 aromatic carbocycles. The number of aryl methyl sites for hydroxylation is 1. The summed E-state index contributed by atoms with van der Waals surface area (Å²) < 4.78 is 10.6. The van der Waals surface area contributed by atoms with Crippen molar-refractivity contribution in [3.63, 3.8) is 0 Å². The van der Waals surface area contributed by atoms with Gasteiger partial charge in [-0.25, -0.2) is 0 Å². The lowest BCUT2D eigenvalue weighted by Crippen LogP contribution is -2.05. The van der Waals surface area contributed by atoms with Crippen LogP contribution in [-0.4, -0.2) is 24.3 Å². The molecule has 0 aliphatic carbocycles. The molecule has 1 atom stereocenters. The van der Waals surface area contributed by atoms with E-state index in [-0.39, 0.29) is 5.97 Å². The highest BCUT2D eigenvalue weighted by molar-refractivity contribution is 5.69. The van der Waals surface area contributed by atoms with Crippen LogP contribution in [0.2, 0.25) is 0 Å². The Hall–Kier alpha value is -1.55. The quantitative estimate of drug-likeness (QED) is 0.559. The van der Waals surface area contributed by atoms with Crippen LogP contribution in [0, 0.1) is 6.92 Å². The van der Waals surface area contributed by atoms with Gasteiger partial charge in [0.05, 0.1) is 19.3 Å². The van der Waals surface area contributed by atoms with E-state index in [0.29, 0.717) is 19.6 Å². The highest BCUT2D eigenvalue weighted by Crippen LogP contribution is 2.26. The van der Waals surface area contributed by atoms with Crippen molar-refractivity contribution in [3.8, 4) is 5.75 Å². The molecule has 118 valence electrons. The molecule has 0 amide bonds. The molecule has 0 fully saturated rings. The molecular weight excluding hydrogens is 268 g/mol. The highest BCUT2D eigenvalue weighted by Gasteiger charge is 2.09. The van der Waals surface area contributed by atoms with Gasteiger partial charge in [-0.15, -0.1) is 0 Å². The van der Waals surface area contributed by atoms with Crippen molar-refractivity contribution < 1.29 is 19.4 Å². The second-order valence-corrected chi connectivity index (χ2v) is 5.18. The number of carbonyl (C=O) groups excluding carboxylic acids is 1. The number of benzene rings is 1. The molecule has 1 N–H and O–H groups in total. The van der Waals surface area contributed by atoms with Crippen LogP contribution in [0.4, 0.5) is 0 Å². The third-order valence-electron chi connectivity index (χ3n) is 3.21. The fourth-order valence-corrected chi connectivity index (χ4v) is 2.08. The number of ether oxygens (including phenoxy) is 2. The maximum atomic E-state index is 11.2. The Balaban J connectivity index is 2.29. The molecule has 21 heavy (non-hydrogen) atoms. The van der Waals surface area contributed by atoms with E-state index in [4.69, 9.17) is 9.47 Å². The fourth-order valence-electron chi connectivity index (χ4n) is 2.08. The monoisotopic (exact) mass is 294 g/mol. The Labute approximate surface area is 127 Å². The molecule has 0 heterocycles. The van der Waals surface area contributed by atoms with Crippen LogP contribution in [0.15, 0.2) is 18.2 Å². The maximum absolute atomic E-state index is 11.2. The molecule has 0 aliphatic heterocycles. The summed E-state index contributed by atoms with van der Waals surface area (Å²) in [7, 11) is 0. The molecule has 1 aromatic rings. The summed E-state index contributed by atoms with van der Waals surface area (Å²) in [5.74, 6) is 0.615. The van der Waals surface area contributed by atoms with E-state index in [1.165, 1.54) is 0 Å². The van der Waals surface area contributed by atoms with E-state index >= 15 is 0 Å². The number of hydrogen-bond donors (Lipinski definition) is 1. The highest BCUT2D eigenvalue weighted by atomic mass is 16.5. The molecule has 1 rings (SSSR count). The van der Waals surface area contributed by atoms with Crippen LogP contribution in [0.25, 0.3) is 0 Å². The van der Waals surface area contributed by atoms with E-state index < -0.39 is 6.10 Å². The van der Waals surface area contributed by atoms with Crippen LogP contribution < -0.4 is 4.74 Å². The standard InChI is InChI=1S/C17H26O4/c1-4-20-17(19)8-6-5-7-11-21-16-12-13(2)9-10-15(16)14(3)18/h9-10,12,14,18H,4-8,11H2,1-3H3/t14-/m0/s1. The SMILES string of the molecule is CCOC(=O)CCCCCOc1cc(C)ccc1[C@H](C)O. The van der Waals surface area contributed by atoms with Crippen LogP contribution in [0.5, 0.6) is 5.75 Å². The fraction of sp³-hybridized carbons (Fsp3) is 0.588. The van der Waals surface area contributed by atoms with Gasteiger partial charge in [-0.1, -0.05) is 12.1 Å². The largest absolute Gasteiger partial charge is 0.493 e. The first-order valence-electron chi connectivity index (χ1n) is 7.61. The zero-order valence-electron chi connectivity index (χ0n) is 13.2. The lowest BCUT2D eigenvalue weighted by molar-refractivity contribution is -0.143. The molecule has 4 nitrogen and oxygen atoms in total. The smallest absolute Gasteiger partial charge is 0.305 e. The minimum Gasteiger partial charge on any atom is -0.493 e. The van der Waals surface area contributed by atoms with Crippen molar-refractivity contribution in [2.45, 2.75) is 52.6 Å². The first-order valence-corrected chi connectivity index (χ1v) is 7.61. The third-order valence-corrected chi connectivity index (χ3v) is 3.21. The van der Waals surface area contributed by atoms with Gasteiger partial charge in [0, 0.05) is 12.0 Å². The molecular formula is C17H26O4. The molecule has 0 unspecified atom stereocenters. The first kappa shape index (κ1) is 17.5. The van der Waals surface area contributed by atoms with Gasteiger partial charge in [0.15, 0.2) is 0 Å². The number of aliphatic hydroxyl groups excluding tert-OH is 1. The molecule has 0 spiro atoms. The number of unbranched alkanes of at least 4 members (excludes halogenated alkanes) is 2. The number of aliphatic hydroxyl groups is 1. The zero-order valence-corrected chi connectivity index (χ0v) is 13.2. The molecule has 0 aromatic heterocycles. The van der Waals surface area contributed by atoms with Gasteiger partial charge in [0.1, 0.15) is 5.75 Å². The third kappa shape index (κ3) is 6.63. The molecule has 4 heteroatoms. The number of hydrogen-bond acceptors (Lipinski definition) is 4. The second kappa shape index (κ2) is 9.40. The Morgan fingerprint density at radius 2 is 2.05 bits per heavy atom. The van der Waals surface area contributed by atoms with Gasteiger partial charge >= 0.3 is 5.97 Å². The van der Waals surface area contributed by atoms with Gasteiger partial charge in [0.25, 0.3) is 0 Å². The molecule has 0 radical (unpaired) electrons. The van der Waals surface area contributed by atoms with E-state index in [0.717, 1.165) is 36.1 Å². The van der Waals surface area contributed by atoms with Crippen LogP contribution >= 0.6 is 0 Å². The van der Waals surface area contributed by atoms with Gasteiger partial charge in [0.2, 0.25) is 0 Å². The summed E-state index contributed by atoms with van der Waals surface area (Å²) in [5.41, 5.74) is 1.92. The van der Waals surface area contributed by atoms with Gasteiger partial charge in [-0.05, 0) is 51.7 Å². The molecule has 0 saturated heterocycles. The normalized spacial score (nSPS) is 12.0. The van der Waals surface area contributed by atoms with E-state index in [2.05, 4.69) is 0 Å². The predicted molar refractivity (Wildman–Crippen MR) is 82.4 cm³/mol. The molecule has 0 aliphatic rings. The van der Waals surface area contributed by atoms with Crippen molar-refractivity contribution in [1.82, 2.24) is 0 Å². The molecule has 0 bridgehead atoms. The van der Waals surface area contributed by atoms with Crippen molar-refractivity contribution in [2.24, 2.45) is 0 Å².